The van der Waals surface area contributed by atoms with E-state index in [0.29, 0.717) is 22.9 Å². The Kier molecular flexibility index (Phi) is 6.09. The minimum atomic E-state index is -4.54. The van der Waals surface area contributed by atoms with E-state index in [1.807, 2.05) is 0 Å². The minimum Gasteiger partial charge on any atom is -0.493 e. The van der Waals surface area contributed by atoms with Crippen LogP contribution in [0.5, 0.6) is 17.2 Å². The number of nitrogens with one attached hydrogen (secondary N) is 1. The molecule has 2 aromatic carbocycles. The van der Waals surface area contributed by atoms with Gasteiger partial charge in [-0.1, -0.05) is 0 Å². The molecular formula is C21H20F3N3O4. The summed E-state index contributed by atoms with van der Waals surface area (Å²) in [5.41, 5.74) is 0.220. The van der Waals surface area contributed by atoms with Crippen molar-refractivity contribution in [1.82, 2.24) is 9.78 Å². The Labute approximate surface area is 176 Å². The summed E-state index contributed by atoms with van der Waals surface area (Å²) in [4.78, 5) is 12.7. The molecule has 10 heteroatoms. The number of methoxy groups -OCH3 is 3. The molecule has 0 atom stereocenters. The quantitative estimate of drug-likeness (QED) is 0.618. The molecule has 0 aliphatic rings. The van der Waals surface area contributed by atoms with Gasteiger partial charge in [0.05, 0.1) is 32.7 Å². The van der Waals surface area contributed by atoms with Crippen molar-refractivity contribution >= 4 is 11.6 Å². The number of aryl methyl sites for hydroxylation is 1. The summed E-state index contributed by atoms with van der Waals surface area (Å²) in [5, 5.41) is 6.59. The van der Waals surface area contributed by atoms with Gasteiger partial charge in [-0.25, -0.2) is 4.68 Å². The molecule has 0 spiro atoms. The molecule has 0 fully saturated rings. The van der Waals surface area contributed by atoms with Crippen LogP contribution in [-0.2, 0) is 6.18 Å². The third-order valence-electron chi connectivity index (χ3n) is 4.42. The van der Waals surface area contributed by atoms with Crippen LogP contribution in [0.4, 0.5) is 18.9 Å². The number of hydrogen-bond donors (Lipinski definition) is 1. The maximum atomic E-state index is 13.2. The summed E-state index contributed by atoms with van der Waals surface area (Å²) in [7, 11) is 4.32. The van der Waals surface area contributed by atoms with Gasteiger partial charge in [0.15, 0.2) is 11.5 Å². The van der Waals surface area contributed by atoms with E-state index >= 15 is 0 Å². The predicted molar refractivity (Wildman–Crippen MR) is 107 cm³/mol. The Hall–Kier alpha value is -3.69. The lowest BCUT2D eigenvalue weighted by atomic mass is 10.1. The van der Waals surface area contributed by atoms with Crippen LogP contribution in [0.3, 0.4) is 0 Å². The zero-order valence-corrected chi connectivity index (χ0v) is 17.2. The van der Waals surface area contributed by atoms with Gasteiger partial charge in [0.25, 0.3) is 5.91 Å². The van der Waals surface area contributed by atoms with Crippen LogP contribution in [0.25, 0.3) is 5.69 Å². The topological polar surface area (TPSA) is 74.6 Å². The van der Waals surface area contributed by atoms with Gasteiger partial charge in [-0.3, -0.25) is 4.79 Å². The van der Waals surface area contributed by atoms with E-state index in [1.54, 1.807) is 0 Å². The van der Waals surface area contributed by atoms with Crippen LogP contribution >= 0.6 is 0 Å². The van der Waals surface area contributed by atoms with Gasteiger partial charge in [0.1, 0.15) is 5.69 Å². The molecule has 31 heavy (non-hydrogen) atoms. The van der Waals surface area contributed by atoms with Crippen molar-refractivity contribution in [2.45, 2.75) is 13.1 Å². The first-order valence-corrected chi connectivity index (χ1v) is 9.03. The highest BCUT2D eigenvalue weighted by molar-refractivity contribution is 6.05. The summed E-state index contributed by atoms with van der Waals surface area (Å²) in [6.45, 7) is 1.48. The number of aromatic nitrogens is 2. The summed E-state index contributed by atoms with van der Waals surface area (Å²) in [6.07, 6.45) is -4.54. The van der Waals surface area contributed by atoms with Gasteiger partial charge in [-0.2, -0.15) is 18.3 Å². The molecule has 1 aromatic heterocycles. The molecule has 164 valence electrons. The molecule has 0 saturated carbocycles. The van der Waals surface area contributed by atoms with Crippen molar-refractivity contribution in [3.8, 4) is 22.9 Å². The van der Waals surface area contributed by atoms with Crippen molar-refractivity contribution in [2.75, 3.05) is 26.6 Å². The first-order valence-electron chi connectivity index (χ1n) is 9.03. The average Bonchev–Trinajstić information content (AvgIpc) is 3.15. The highest BCUT2D eigenvalue weighted by atomic mass is 19.4. The fourth-order valence-corrected chi connectivity index (χ4v) is 3.00. The van der Waals surface area contributed by atoms with Crippen molar-refractivity contribution in [3.63, 3.8) is 0 Å². The molecule has 7 nitrogen and oxygen atoms in total. The predicted octanol–water partition coefficient (Wildman–Crippen LogP) is 4.48. The Morgan fingerprint density at radius 2 is 1.55 bits per heavy atom. The van der Waals surface area contributed by atoms with Crippen LogP contribution in [0.2, 0.25) is 0 Å². The summed E-state index contributed by atoms with van der Waals surface area (Å²) in [6, 6.07) is 9.81. The third-order valence-corrected chi connectivity index (χ3v) is 4.42. The average molecular weight is 435 g/mol. The van der Waals surface area contributed by atoms with Gasteiger partial charge in [0.2, 0.25) is 5.75 Å². The molecule has 3 rings (SSSR count). The van der Waals surface area contributed by atoms with Gasteiger partial charge in [0, 0.05) is 11.3 Å². The first-order chi connectivity index (χ1) is 14.7. The van der Waals surface area contributed by atoms with E-state index in [9.17, 15) is 18.0 Å². The molecule has 1 amide bonds. The lowest BCUT2D eigenvalue weighted by molar-refractivity contribution is -0.142. The maximum Gasteiger partial charge on any atom is 0.433 e. The molecule has 3 aromatic rings. The normalized spacial score (nSPS) is 11.2. The zero-order valence-electron chi connectivity index (χ0n) is 17.2. The monoisotopic (exact) mass is 435 g/mol. The van der Waals surface area contributed by atoms with Crippen molar-refractivity contribution in [2.24, 2.45) is 0 Å². The molecule has 0 saturated heterocycles. The fraction of sp³-hybridized carbons (Fsp3) is 0.238. The van der Waals surface area contributed by atoms with E-state index in [2.05, 4.69) is 10.4 Å². The number of halogens is 3. The standard InChI is InChI=1S/C21H20F3N3O4/c1-12-9-18(21(22,23)24)27(26-12)15-7-5-14(6-8-15)25-20(28)13-10-16(29-2)19(31-4)17(11-13)30-3/h5-11H,1-4H3,(H,25,28). The molecule has 0 aliphatic heterocycles. The summed E-state index contributed by atoms with van der Waals surface area (Å²) < 4.78 is 56.2. The molecule has 0 aliphatic carbocycles. The van der Waals surface area contributed by atoms with Crippen LogP contribution in [-0.4, -0.2) is 37.0 Å². The largest absolute Gasteiger partial charge is 0.493 e. The number of anilines is 1. The molecule has 0 radical (unpaired) electrons. The summed E-state index contributed by atoms with van der Waals surface area (Å²) >= 11 is 0. The summed E-state index contributed by atoms with van der Waals surface area (Å²) in [5.74, 6) is 0.519. The first kappa shape index (κ1) is 22.0. The number of carbonyl (C=O) groups excluding carboxylic acids is 1. The molecule has 1 N–H and O–H groups in total. The highest BCUT2D eigenvalue weighted by Crippen LogP contribution is 2.38. The lowest BCUT2D eigenvalue weighted by Gasteiger charge is -2.14. The van der Waals surface area contributed by atoms with Crippen LogP contribution in [0, 0.1) is 6.92 Å². The van der Waals surface area contributed by atoms with Gasteiger partial charge < -0.3 is 19.5 Å². The number of amides is 1. The van der Waals surface area contributed by atoms with E-state index < -0.39 is 17.8 Å². The second-order valence-corrected chi connectivity index (χ2v) is 6.50. The molecule has 1 heterocycles. The number of benzene rings is 2. The fourth-order valence-electron chi connectivity index (χ4n) is 3.00. The van der Waals surface area contributed by atoms with Crippen molar-refractivity contribution in [3.05, 3.63) is 59.4 Å². The van der Waals surface area contributed by atoms with Crippen LogP contribution in [0.1, 0.15) is 21.7 Å². The van der Waals surface area contributed by atoms with E-state index in [0.717, 1.165) is 10.7 Å². The smallest absolute Gasteiger partial charge is 0.433 e. The number of nitrogens with zero attached hydrogens (tertiary/aromatic N) is 2. The van der Waals surface area contributed by atoms with Crippen molar-refractivity contribution < 1.29 is 32.2 Å². The molecule has 0 bridgehead atoms. The van der Waals surface area contributed by atoms with Crippen LogP contribution in [0.15, 0.2) is 42.5 Å². The Morgan fingerprint density at radius 3 is 2.03 bits per heavy atom. The second kappa shape index (κ2) is 8.58. The minimum absolute atomic E-state index is 0.214. The lowest BCUT2D eigenvalue weighted by Crippen LogP contribution is -2.14. The number of hydrogen-bond acceptors (Lipinski definition) is 5. The third kappa shape index (κ3) is 4.57. The van der Waals surface area contributed by atoms with Crippen LogP contribution < -0.4 is 19.5 Å². The zero-order chi connectivity index (χ0) is 22.8. The Bertz CT molecular complexity index is 1070. The number of alkyl halides is 3. The number of rotatable bonds is 6. The van der Waals surface area contributed by atoms with E-state index in [4.69, 9.17) is 14.2 Å². The van der Waals surface area contributed by atoms with E-state index in [-0.39, 0.29) is 16.9 Å². The maximum absolute atomic E-state index is 13.2. The number of carbonyl (C=O) groups is 1. The Morgan fingerprint density at radius 1 is 0.968 bits per heavy atom. The van der Waals surface area contributed by atoms with Crippen molar-refractivity contribution in [1.29, 1.82) is 0 Å². The Balaban J connectivity index is 1.85. The number of ether oxygens (including phenoxy) is 3. The SMILES string of the molecule is COc1cc(C(=O)Nc2ccc(-n3nc(C)cc3C(F)(F)F)cc2)cc(OC)c1OC. The van der Waals surface area contributed by atoms with Gasteiger partial charge in [-0.15, -0.1) is 0 Å². The molecular weight excluding hydrogens is 415 g/mol. The second-order valence-electron chi connectivity index (χ2n) is 6.50. The highest BCUT2D eigenvalue weighted by Gasteiger charge is 2.35. The van der Waals surface area contributed by atoms with Gasteiger partial charge >= 0.3 is 6.18 Å². The van der Waals surface area contributed by atoms with E-state index in [1.165, 1.54) is 64.7 Å². The van der Waals surface area contributed by atoms with Gasteiger partial charge in [-0.05, 0) is 49.4 Å². The molecule has 0 unspecified atom stereocenters.